The lowest BCUT2D eigenvalue weighted by molar-refractivity contribution is -0.132. The number of carboxylic acids is 1. The molecule has 1 N–H and O–H groups in total. The zero-order valence-corrected chi connectivity index (χ0v) is 6.31. The molecule has 3 nitrogen and oxygen atoms in total. The molecule has 0 rings (SSSR count). The molecule has 0 aliphatic heterocycles. The van der Waals surface area contributed by atoms with E-state index < -0.39 is 5.97 Å². The van der Waals surface area contributed by atoms with E-state index in [1.807, 2.05) is 0 Å². The zero-order valence-electron chi connectivity index (χ0n) is 5.50. The summed E-state index contributed by atoms with van der Waals surface area (Å²) in [7, 11) is 0. The highest BCUT2D eigenvalue weighted by Crippen LogP contribution is 2.08. The van der Waals surface area contributed by atoms with Gasteiger partial charge in [-0.15, -0.1) is 0 Å². The smallest absolute Gasteiger partial charge is 0.332 e. The van der Waals surface area contributed by atoms with Gasteiger partial charge >= 0.3 is 5.97 Å². The standard InChI is InChI=1S/C6H7NO2S/c1-2-5(6(8)9)3-10-4-7/h3H,2H2,1H3,(H,8,9)/b5-3-. The minimum atomic E-state index is -0.953. The highest BCUT2D eigenvalue weighted by Gasteiger charge is 2.02. The molecule has 0 spiro atoms. The number of nitriles is 1. The minimum absolute atomic E-state index is 0.270. The van der Waals surface area contributed by atoms with Crippen LogP contribution in [0.1, 0.15) is 13.3 Å². The van der Waals surface area contributed by atoms with Gasteiger partial charge in [0.25, 0.3) is 0 Å². The van der Waals surface area contributed by atoms with Crippen LogP contribution >= 0.6 is 11.8 Å². The Kier molecular flexibility index (Phi) is 4.42. The normalized spacial score (nSPS) is 10.6. The summed E-state index contributed by atoms with van der Waals surface area (Å²) >= 11 is 0.832. The van der Waals surface area contributed by atoms with E-state index in [9.17, 15) is 4.79 Å². The second-order valence-electron chi connectivity index (χ2n) is 1.51. The molecule has 4 heteroatoms. The molecular formula is C6H7NO2S. The van der Waals surface area contributed by atoms with Crippen LogP contribution in [-0.4, -0.2) is 11.1 Å². The Labute approximate surface area is 63.3 Å². The molecule has 54 valence electrons. The summed E-state index contributed by atoms with van der Waals surface area (Å²) < 4.78 is 0. The van der Waals surface area contributed by atoms with Gasteiger partial charge in [-0.3, -0.25) is 0 Å². The summed E-state index contributed by atoms with van der Waals surface area (Å²) in [5.74, 6) is -0.953. The van der Waals surface area contributed by atoms with Gasteiger partial charge in [0, 0.05) is 5.57 Å². The summed E-state index contributed by atoms with van der Waals surface area (Å²) in [6.45, 7) is 1.73. The number of aliphatic carboxylic acids is 1. The van der Waals surface area contributed by atoms with Crippen molar-refractivity contribution >= 4 is 17.7 Å². The summed E-state index contributed by atoms with van der Waals surface area (Å²) in [5, 5.41) is 19.6. The molecule has 0 aromatic carbocycles. The number of thioether (sulfide) groups is 1. The fourth-order valence-electron chi connectivity index (χ4n) is 0.382. The van der Waals surface area contributed by atoms with Crippen molar-refractivity contribution in [3.8, 4) is 5.40 Å². The Morgan fingerprint density at radius 1 is 1.90 bits per heavy atom. The van der Waals surface area contributed by atoms with Crippen LogP contribution in [-0.2, 0) is 4.79 Å². The van der Waals surface area contributed by atoms with E-state index in [4.69, 9.17) is 10.4 Å². The van der Waals surface area contributed by atoms with Crippen molar-refractivity contribution in [3.05, 3.63) is 11.0 Å². The molecular weight excluding hydrogens is 150 g/mol. The van der Waals surface area contributed by atoms with Crippen LogP contribution in [0.4, 0.5) is 0 Å². The summed E-state index contributed by atoms with van der Waals surface area (Å²) in [4.78, 5) is 10.2. The molecule has 10 heavy (non-hydrogen) atoms. The van der Waals surface area contributed by atoms with Crippen molar-refractivity contribution in [1.82, 2.24) is 0 Å². The van der Waals surface area contributed by atoms with Gasteiger partial charge in [-0.05, 0) is 23.6 Å². The first-order chi connectivity index (χ1) is 4.72. The predicted molar refractivity (Wildman–Crippen MR) is 39.2 cm³/mol. The van der Waals surface area contributed by atoms with E-state index in [1.54, 1.807) is 12.3 Å². The average Bonchev–Trinajstić information content (AvgIpc) is 1.89. The first kappa shape index (κ1) is 9.05. The first-order valence-corrected chi connectivity index (χ1v) is 3.57. The molecule has 0 aliphatic rings. The van der Waals surface area contributed by atoms with E-state index in [1.165, 1.54) is 5.41 Å². The molecule has 0 saturated carbocycles. The molecule has 0 atom stereocenters. The van der Waals surface area contributed by atoms with Crippen LogP contribution in [0.15, 0.2) is 11.0 Å². The Hall–Kier alpha value is -0.950. The third-order valence-electron chi connectivity index (χ3n) is 0.909. The monoisotopic (exact) mass is 157 g/mol. The maximum atomic E-state index is 10.2. The summed E-state index contributed by atoms with van der Waals surface area (Å²) in [5.41, 5.74) is 0.270. The molecule has 0 bridgehead atoms. The van der Waals surface area contributed by atoms with Crippen LogP contribution in [0.5, 0.6) is 0 Å². The molecule has 0 radical (unpaired) electrons. The lowest BCUT2D eigenvalue weighted by Gasteiger charge is -1.92. The number of hydrogen-bond donors (Lipinski definition) is 1. The number of carbonyl (C=O) groups is 1. The zero-order chi connectivity index (χ0) is 7.98. The van der Waals surface area contributed by atoms with Gasteiger partial charge in [-0.1, -0.05) is 6.92 Å². The Morgan fingerprint density at radius 3 is 2.80 bits per heavy atom. The number of nitrogens with zero attached hydrogens (tertiary/aromatic N) is 1. The Morgan fingerprint density at radius 2 is 2.50 bits per heavy atom. The quantitative estimate of drug-likeness (QED) is 0.499. The lowest BCUT2D eigenvalue weighted by atomic mass is 10.2. The van der Waals surface area contributed by atoms with E-state index in [2.05, 4.69) is 0 Å². The maximum absolute atomic E-state index is 10.2. The van der Waals surface area contributed by atoms with Crippen LogP contribution in [0, 0.1) is 10.7 Å². The fraction of sp³-hybridized carbons (Fsp3) is 0.333. The predicted octanol–water partition coefficient (Wildman–Crippen LogP) is 1.58. The van der Waals surface area contributed by atoms with Gasteiger partial charge in [0.2, 0.25) is 0 Å². The van der Waals surface area contributed by atoms with Crippen molar-refractivity contribution < 1.29 is 9.90 Å². The van der Waals surface area contributed by atoms with Crippen molar-refractivity contribution in [2.24, 2.45) is 0 Å². The van der Waals surface area contributed by atoms with Crippen molar-refractivity contribution in [2.75, 3.05) is 0 Å². The topological polar surface area (TPSA) is 61.1 Å². The van der Waals surface area contributed by atoms with E-state index in [0.717, 1.165) is 11.8 Å². The van der Waals surface area contributed by atoms with E-state index >= 15 is 0 Å². The van der Waals surface area contributed by atoms with Gasteiger partial charge in [-0.2, -0.15) is 5.26 Å². The number of rotatable bonds is 3. The SMILES string of the molecule is CC/C(=C/SC#N)C(=O)O. The Bertz CT molecular complexity index is 192. The minimum Gasteiger partial charge on any atom is -0.478 e. The van der Waals surface area contributed by atoms with Crippen LogP contribution in [0.25, 0.3) is 0 Å². The maximum Gasteiger partial charge on any atom is 0.332 e. The third-order valence-corrected chi connectivity index (χ3v) is 1.42. The van der Waals surface area contributed by atoms with Crippen LogP contribution in [0.3, 0.4) is 0 Å². The fourth-order valence-corrected chi connectivity index (χ4v) is 0.845. The highest BCUT2D eigenvalue weighted by atomic mass is 32.2. The Balaban J connectivity index is 4.08. The van der Waals surface area contributed by atoms with Gasteiger partial charge in [0.15, 0.2) is 0 Å². The van der Waals surface area contributed by atoms with Gasteiger partial charge in [0.05, 0.1) is 0 Å². The molecule has 0 amide bonds. The molecule has 0 saturated heterocycles. The first-order valence-electron chi connectivity index (χ1n) is 2.69. The van der Waals surface area contributed by atoms with E-state index in [-0.39, 0.29) is 5.57 Å². The molecule has 0 aromatic heterocycles. The second kappa shape index (κ2) is 4.89. The number of thiocyanates is 1. The highest BCUT2D eigenvalue weighted by molar-refractivity contribution is 8.06. The van der Waals surface area contributed by atoms with Crippen molar-refractivity contribution in [2.45, 2.75) is 13.3 Å². The third kappa shape index (κ3) is 3.15. The van der Waals surface area contributed by atoms with Gasteiger partial charge in [-0.25, -0.2) is 4.79 Å². The van der Waals surface area contributed by atoms with Gasteiger partial charge in [0.1, 0.15) is 5.40 Å². The van der Waals surface area contributed by atoms with Crippen molar-refractivity contribution in [1.29, 1.82) is 5.26 Å². The van der Waals surface area contributed by atoms with Crippen LogP contribution in [0.2, 0.25) is 0 Å². The summed E-state index contributed by atoms with van der Waals surface area (Å²) in [6, 6.07) is 0. The molecule has 0 unspecified atom stereocenters. The molecule has 0 aliphatic carbocycles. The van der Waals surface area contributed by atoms with E-state index in [0.29, 0.717) is 6.42 Å². The summed E-state index contributed by atoms with van der Waals surface area (Å²) in [6.07, 6.45) is 0.448. The molecule has 0 heterocycles. The number of hydrogen-bond acceptors (Lipinski definition) is 3. The van der Waals surface area contributed by atoms with Crippen LogP contribution < -0.4 is 0 Å². The second-order valence-corrected chi connectivity index (χ2v) is 2.16. The van der Waals surface area contributed by atoms with Gasteiger partial charge < -0.3 is 5.11 Å². The lowest BCUT2D eigenvalue weighted by Crippen LogP contribution is -1.97. The number of carboxylic acid groups (broad SMARTS) is 1. The molecule has 0 fully saturated rings. The molecule has 0 aromatic rings. The average molecular weight is 157 g/mol. The largest absolute Gasteiger partial charge is 0.478 e. The van der Waals surface area contributed by atoms with Crippen molar-refractivity contribution in [3.63, 3.8) is 0 Å².